The lowest BCUT2D eigenvalue weighted by molar-refractivity contribution is 0.190. The fourth-order valence-electron chi connectivity index (χ4n) is 1.61. The van der Waals surface area contributed by atoms with Crippen molar-refractivity contribution in [3.05, 3.63) is 12.1 Å². The first-order valence-corrected chi connectivity index (χ1v) is 6.35. The summed E-state index contributed by atoms with van der Waals surface area (Å²) >= 11 is 0. The number of pyridine rings is 1. The van der Waals surface area contributed by atoms with Gasteiger partial charge in [-0.3, -0.25) is 0 Å². The molecule has 1 rings (SSSR count). The molecule has 0 aliphatic heterocycles. The zero-order chi connectivity index (χ0) is 14.1. The number of hydrogen-bond donors (Lipinski definition) is 1. The van der Waals surface area contributed by atoms with E-state index in [2.05, 4.69) is 9.88 Å². The third-order valence-electron chi connectivity index (χ3n) is 2.61. The number of aromatic nitrogens is 1. The Labute approximate surface area is 114 Å². The average Bonchev–Trinajstić information content (AvgIpc) is 2.42. The molecular weight excluding hydrogens is 246 g/mol. The molecule has 0 aliphatic carbocycles. The Bertz CT molecular complexity index is 366. The molecule has 1 heterocycles. The van der Waals surface area contributed by atoms with Crippen LogP contribution in [-0.2, 0) is 9.47 Å². The van der Waals surface area contributed by atoms with Gasteiger partial charge >= 0.3 is 0 Å². The highest BCUT2D eigenvalue weighted by molar-refractivity contribution is 5.54. The van der Waals surface area contributed by atoms with Crippen molar-refractivity contribution in [2.45, 2.75) is 6.92 Å². The monoisotopic (exact) mass is 269 g/mol. The molecule has 1 aromatic heterocycles. The fraction of sp³-hybridized carbons (Fsp3) is 0.615. The summed E-state index contributed by atoms with van der Waals surface area (Å²) < 4.78 is 15.6. The molecule has 19 heavy (non-hydrogen) atoms. The highest BCUT2D eigenvalue weighted by atomic mass is 16.5. The van der Waals surface area contributed by atoms with Crippen molar-refractivity contribution in [2.24, 2.45) is 0 Å². The van der Waals surface area contributed by atoms with Gasteiger partial charge in [0.25, 0.3) is 0 Å². The summed E-state index contributed by atoms with van der Waals surface area (Å²) in [4.78, 5) is 6.51. The Kier molecular flexibility index (Phi) is 6.99. The minimum Gasteiger partial charge on any atom is -0.476 e. The number of hydrogen-bond acceptors (Lipinski definition) is 6. The van der Waals surface area contributed by atoms with E-state index in [1.54, 1.807) is 20.3 Å². The molecule has 2 N–H and O–H groups in total. The van der Waals surface area contributed by atoms with E-state index in [1.165, 1.54) is 0 Å². The Hall–Kier alpha value is -1.53. The average molecular weight is 269 g/mol. The van der Waals surface area contributed by atoms with E-state index in [1.807, 2.05) is 13.0 Å². The van der Waals surface area contributed by atoms with Crippen LogP contribution >= 0.6 is 0 Å². The highest BCUT2D eigenvalue weighted by Crippen LogP contribution is 2.23. The predicted octanol–water partition coefficient (Wildman–Crippen LogP) is 1.16. The second-order valence-corrected chi connectivity index (χ2v) is 3.97. The SMILES string of the molecule is CCOc1nc(N(CCOC)CCOC)ccc1N. The zero-order valence-electron chi connectivity index (χ0n) is 11.9. The number of nitrogen functional groups attached to an aromatic ring is 1. The number of anilines is 2. The summed E-state index contributed by atoms with van der Waals surface area (Å²) in [6.07, 6.45) is 0. The van der Waals surface area contributed by atoms with Crippen molar-refractivity contribution in [2.75, 3.05) is 57.8 Å². The summed E-state index contributed by atoms with van der Waals surface area (Å²) in [5.74, 6) is 1.28. The Morgan fingerprint density at radius 3 is 2.32 bits per heavy atom. The topological polar surface area (TPSA) is 69.8 Å². The molecule has 6 nitrogen and oxygen atoms in total. The third kappa shape index (κ3) is 4.92. The number of methoxy groups -OCH3 is 2. The van der Waals surface area contributed by atoms with Crippen LogP contribution in [0.25, 0.3) is 0 Å². The Morgan fingerprint density at radius 1 is 1.16 bits per heavy atom. The van der Waals surface area contributed by atoms with Crippen molar-refractivity contribution in [3.8, 4) is 5.88 Å². The van der Waals surface area contributed by atoms with Crippen LogP contribution < -0.4 is 15.4 Å². The number of ether oxygens (including phenoxy) is 3. The van der Waals surface area contributed by atoms with E-state index in [4.69, 9.17) is 19.9 Å². The first-order chi connectivity index (χ1) is 9.22. The molecule has 0 aliphatic rings. The van der Waals surface area contributed by atoms with Gasteiger partial charge in [0.1, 0.15) is 5.82 Å². The molecule has 6 heteroatoms. The summed E-state index contributed by atoms with van der Waals surface area (Å²) in [6.45, 7) is 5.17. The standard InChI is InChI=1S/C13H23N3O3/c1-4-19-13-11(14)5-6-12(15-13)16(7-9-17-2)8-10-18-3/h5-6H,4,7-10,14H2,1-3H3. The lowest BCUT2D eigenvalue weighted by atomic mass is 10.3. The van der Waals surface area contributed by atoms with Crippen LogP contribution in [-0.4, -0.2) is 52.1 Å². The second-order valence-electron chi connectivity index (χ2n) is 3.97. The van der Waals surface area contributed by atoms with Crippen LogP contribution in [0.1, 0.15) is 6.92 Å². The maximum absolute atomic E-state index is 5.82. The lowest BCUT2D eigenvalue weighted by Gasteiger charge is -2.23. The summed E-state index contributed by atoms with van der Waals surface area (Å²) in [5.41, 5.74) is 6.37. The van der Waals surface area contributed by atoms with E-state index in [-0.39, 0.29) is 0 Å². The number of rotatable bonds is 9. The fourth-order valence-corrected chi connectivity index (χ4v) is 1.61. The van der Waals surface area contributed by atoms with Crippen molar-refractivity contribution in [1.82, 2.24) is 4.98 Å². The Morgan fingerprint density at radius 2 is 1.79 bits per heavy atom. The molecule has 0 amide bonds. The highest BCUT2D eigenvalue weighted by Gasteiger charge is 2.11. The van der Waals surface area contributed by atoms with Crippen LogP contribution in [0.15, 0.2) is 12.1 Å². The van der Waals surface area contributed by atoms with Crippen LogP contribution in [0.4, 0.5) is 11.5 Å². The largest absolute Gasteiger partial charge is 0.476 e. The van der Waals surface area contributed by atoms with Crippen molar-refractivity contribution < 1.29 is 14.2 Å². The first kappa shape index (κ1) is 15.5. The molecule has 0 saturated heterocycles. The van der Waals surface area contributed by atoms with E-state index < -0.39 is 0 Å². The van der Waals surface area contributed by atoms with Crippen LogP contribution in [0, 0.1) is 0 Å². The second kappa shape index (κ2) is 8.55. The van der Waals surface area contributed by atoms with Gasteiger partial charge in [-0.2, -0.15) is 4.98 Å². The molecule has 0 atom stereocenters. The summed E-state index contributed by atoms with van der Waals surface area (Å²) in [5, 5.41) is 0. The molecule has 1 aromatic rings. The van der Waals surface area contributed by atoms with E-state index >= 15 is 0 Å². The van der Waals surface area contributed by atoms with Gasteiger partial charge in [0, 0.05) is 27.3 Å². The van der Waals surface area contributed by atoms with Gasteiger partial charge in [-0.1, -0.05) is 0 Å². The van der Waals surface area contributed by atoms with Crippen molar-refractivity contribution in [3.63, 3.8) is 0 Å². The summed E-state index contributed by atoms with van der Waals surface area (Å²) in [7, 11) is 3.35. The molecular formula is C13H23N3O3. The molecule has 108 valence electrons. The minimum atomic E-state index is 0.472. The first-order valence-electron chi connectivity index (χ1n) is 6.35. The predicted molar refractivity (Wildman–Crippen MR) is 75.8 cm³/mol. The van der Waals surface area contributed by atoms with Gasteiger partial charge in [-0.05, 0) is 19.1 Å². The van der Waals surface area contributed by atoms with Crippen LogP contribution in [0.2, 0.25) is 0 Å². The molecule has 0 radical (unpaired) electrons. The van der Waals surface area contributed by atoms with Crippen molar-refractivity contribution in [1.29, 1.82) is 0 Å². The molecule has 0 spiro atoms. The van der Waals surface area contributed by atoms with Gasteiger partial charge in [0.15, 0.2) is 0 Å². The minimum absolute atomic E-state index is 0.472. The van der Waals surface area contributed by atoms with Crippen LogP contribution in [0.5, 0.6) is 5.88 Å². The van der Waals surface area contributed by atoms with Gasteiger partial charge in [0.05, 0.1) is 25.5 Å². The lowest BCUT2D eigenvalue weighted by Crippen LogP contribution is -2.31. The van der Waals surface area contributed by atoms with E-state index in [0.717, 1.165) is 18.9 Å². The molecule has 0 fully saturated rings. The van der Waals surface area contributed by atoms with E-state index in [9.17, 15) is 0 Å². The molecule has 0 bridgehead atoms. The van der Waals surface area contributed by atoms with Gasteiger partial charge in [-0.15, -0.1) is 0 Å². The quantitative estimate of drug-likeness (QED) is 0.725. The van der Waals surface area contributed by atoms with Gasteiger partial charge < -0.3 is 24.8 Å². The number of nitrogens with zero attached hydrogens (tertiary/aromatic N) is 2. The summed E-state index contributed by atoms with van der Waals surface area (Å²) in [6, 6.07) is 3.68. The van der Waals surface area contributed by atoms with Gasteiger partial charge in [-0.25, -0.2) is 0 Å². The van der Waals surface area contributed by atoms with Crippen molar-refractivity contribution >= 4 is 11.5 Å². The Balaban J connectivity index is 2.83. The maximum Gasteiger partial charge on any atom is 0.239 e. The molecule has 0 saturated carbocycles. The zero-order valence-corrected chi connectivity index (χ0v) is 11.9. The smallest absolute Gasteiger partial charge is 0.239 e. The molecule has 0 unspecified atom stereocenters. The van der Waals surface area contributed by atoms with E-state index in [0.29, 0.717) is 31.4 Å². The normalized spacial score (nSPS) is 10.5. The molecule has 0 aromatic carbocycles. The van der Waals surface area contributed by atoms with Gasteiger partial charge in [0.2, 0.25) is 5.88 Å². The third-order valence-corrected chi connectivity index (χ3v) is 2.61. The maximum atomic E-state index is 5.82. The number of nitrogens with two attached hydrogens (primary N) is 1. The van der Waals surface area contributed by atoms with Crippen LogP contribution in [0.3, 0.4) is 0 Å².